The summed E-state index contributed by atoms with van der Waals surface area (Å²) < 4.78 is 0. The highest BCUT2D eigenvalue weighted by molar-refractivity contribution is 6.04. The normalized spacial score (nSPS) is 10.4. The number of hydrogen-bond acceptors (Lipinski definition) is 7. The molecule has 2 amide bonds. The molecule has 0 bridgehead atoms. The summed E-state index contributed by atoms with van der Waals surface area (Å²) in [4.78, 5) is 41.0. The number of nitrogens with zero attached hydrogens (tertiary/aromatic N) is 5. The van der Waals surface area contributed by atoms with Gasteiger partial charge in [-0.05, 0) is 37.3 Å². The smallest absolute Gasteiger partial charge is 0.255 e. The average molecular weight is 482 g/mol. The van der Waals surface area contributed by atoms with Gasteiger partial charge in [0, 0.05) is 43.7 Å². The maximum atomic E-state index is 12.6. The molecule has 0 radical (unpaired) electrons. The number of aryl methyl sites for hydroxylation is 1. The van der Waals surface area contributed by atoms with E-state index in [9.17, 15) is 9.59 Å². The third-order valence-electron chi connectivity index (χ3n) is 5.54. The molecule has 0 aliphatic heterocycles. The number of amides is 2. The third kappa shape index (κ3) is 5.82. The number of pyridine rings is 1. The first-order valence-electron chi connectivity index (χ1n) is 11.3. The molecule has 0 saturated carbocycles. The van der Waals surface area contributed by atoms with Crippen molar-refractivity contribution < 1.29 is 9.59 Å². The van der Waals surface area contributed by atoms with Crippen molar-refractivity contribution in [3.8, 4) is 0 Å². The van der Waals surface area contributed by atoms with Gasteiger partial charge in [0.2, 0.25) is 12.4 Å². The highest BCUT2D eigenvalue weighted by atomic mass is 16.1. The van der Waals surface area contributed by atoms with Gasteiger partial charge in [0.05, 0.1) is 23.3 Å². The Hall–Kier alpha value is -4.79. The second-order valence-electron chi connectivity index (χ2n) is 8.25. The Balaban J connectivity index is 1.55. The summed E-state index contributed by atoms with van der Waals surface area (Å²) in [6.07, 6.45) is 4.05. The van der Waals surface area contributed by atoms with Crippen LogP contribution in [0.5, 0.6) is 0 Å². The predicted octanol–water partition coefficient (Wildman–Crippen LogP) is 4.40. The van der Waals surface area contributed by atoms with Gasteiger partial charge >= 0.3 is 0 Å². The molecule has 2 aromatic heterocycles. The number of hydrogen-bond donors (Lipinski definition) is 2. The molecule has 9 heteroatoms. The maximum absolute atomic E-state index is 12.6. The number of para-hydroxylation sites is 1. The van der Waals surface area contributed by atoms with Gasteiger partial charge in [-0.25, -0.2) is 4.98 Å². The van der Waals surface area contributed by atoms with Crippen LogP contribution in [0.1, 0.15) is 21.6 Å². The van der Waals surface area contributed by atoms with Crippen LogP contribution in [0, 0.1) is 6.92 Å². The molecule has 0 unspecified atom stereocenters. The SMILES string of the molecule is Cc1ncc(NC(=O)c2ccccc2)cc1N(C)Cc1cnc(Nc2ccccc2)nc1N(C)C=O. The van der Waals surface area contributed by atoms with Crippen molar-refractivity contribution in [2.75, 3.05) is 34.5 Å². The Bertz CT molecular complexity index is 1350. The number of carbonyl (C=O) groups excluding carboxylic acids is 2. The minimum Gasteiger partial charge on any atom is -0.369 e. The third-order valence-corrected chi connectivity index (χ3v) is 5.54. The minimum atomic E-state index is -0.209. The first kappa shape index (κ1) is 24.3. The number of carbonyl (C=O) groups is 2. The lowest BCUT2D eigenvalue weighted by Gasteiger charge is -2.24. The van der Waals surface area contributed by atoms with Crippen molar-refractivity contribution in [2.24, 2.45) is 0 Å². The van der Waals surface area contributed by atoms with Crippen molar-refractivity contribution in [2.45, 2.75) is 13.5 Å². The molecule has 0 aliphatic rings. The summed E-state index contributed by atoms with van der Waals surface area (Å²) in [6.45, 7) is 2.31. The summed E-state index contributed by atoms with van der Waals surface area (Å²) in [6, 6.07) is 20.5. The summed E-state index contributed by atoms with van der Waals surface area (Å²) in [5.74, 6) is 0.670. The molecular formula is C27H27N7O2. The highest BCUT2D eigenvalue weighted by Crippen LogP contribution is 2.26. The average Bonchev–Trinajstić information content (AvgIpc) is 2.91. The van der Waals surface area contributed by atoms with Gasteiger partial charge in [-0.15, -0.1) is 0 Å². The monoisotopic (exact) mass is 481 g/mol. The van der Waals surface area contributed by atoms with Crippen LogP contribution in [0.2, 0.25) is 0 Å². The second-order valence-corrected chi connectivity index (χ2v) is 8.25. The number of nitrogens with one attached hydrogen (secondary N) is 2. The molecule has 0 fully saturated rings. The predicted molar refractivity (Wildman–Crippen MR) is 142 cm³/mol. The van der Waals surface area contributed by atoms with E-state index in [-0.39, 0.29) is 5.91 Å². The fourth-order valence-corrected chi connectivity index (χ4v) is 3.69. The van der Waals surface area contributed by atoms with Gasteiger partial charge in [-0.1, -0.05) is 36.4 Å². The quantitative estimate of drug-likeness (QED) is 0.342. The van der Waals surface area contributed by atoms with Crippen LogP contribution >= 0.6 is 0 Å². The van der Waals surface area contributed by atoms with Gasteiger partial charge in [0.1, 0.15) is 5.82 Å². The summed E-state index contributed by atoms with van der Waals surface area (Å²) in [7, 11) is 3.56. The van der Waals surface area contributed by atoms with Crippen LogP contribution < -0.4 is 20.4 Å². The molecule has 2 aromatic carbocycles. The van der Waals surface area contributed by atoms with Crippen LogP contribution in [0.15, 0.2) is 79.1 Å². The molecule has 0 atom stereocenters. The maximum Gasteiger partial charge on any atom is 0.255 e. The zero-order chi connectivity index (χ0) is 25.5. The summed E-state index contributed by atoms with van der Waals surface area (Å²) in [5, 5.41) is 6.05. The zero-order valence-electron chi connectivity index (χ0n) is 20.3. The van der Waals surface area contributed by atoms with Crippen LogP contribution in [0.4, 0.5) is 28.8 Å². The molecular weight excluding hydrogens is 454 g/mol. The van der Waals surface area contributed by atoms with E-state index in [0.717, 1.165) is 22.6 Å². The van der Waals surface area contributed by atoms with Gasteiger partial charge in [0.25, 0.3) is 5.91 Å². The van der Waals surface area contributed by atoms with Crippen molar-refractivity contribution in [3.63, 3.8) is 0 Å². The first-order valence-corrected chi connectivity index (χ1v) is 11.3. The fourth-order valence-electron chi connectivity index (χ4n) is 3.69. The van der Waals surface area contributed by atoms with Crippen LogP contribution in [-0.4, -0.2) is 41.4 Å². The lowest BCUT2D eigenvalue weighted by atomic mass is 10.2. The topological polar surface area (TPSA) is 103 Å². The number of benzene rings is 2. The van der Waals surface area contributed by atoms with Crippen molar-refractivity contribution in [1.82, 2.24) is 15.0 Å². The van der Waals surface area contributed by atoms with E-state index in [4.69, 9.17) is 0 Å². The summed E-state index contributed by atoms with van der Waals surface area (Å²) in [5.41, 5.74) is 4.37. The summed E-state index contributed by atoms with van der Waals surface area (Å²) >= 11 is 0. The Morgan fingerprint density at radius 3 is 2.33 bits per heavy atom. The Morgan fingerprint density at radius 2 is 1.64 bits per heavy atom. The van der Waals surface area contributed by atoms with E-state index < -0.39 is 0 Å². The Kier molecular flexibility index (Phi) is 7.50. The molecule has 4 rings (SSSR count). The van der Waals surface area contributed by atoms with E-state index >= 15 is 0 Å². The molecule has 9 nitrogen and oxygen atoms in total. The molecule has 0 saturated heterocycles. The lowest BCUT2D eigenvalue weighted by Crippen LogP contribution is -2.24. The van der Waals surface area contributed by atoms with Gasteiger partial charge in [-0.2, -0.15) is 4.98 Å². The molecule has 2 N–H and O–H groups in total. The molecule has 0 spiro atoms. The highest BCUT2D eigenvalue weighted by Gasteiger charge is 2.16. The Morgan fingerprint density at radius 1 is 0.944 bits per heavy atom. The first-order chi connectivity index (χ1) is 17.4. The zero-order valence-corrected chi connectivity index (χ0v) is 20.3. The van der Waals surface area contributed by atoms with E-state index in [1.165, 1.54) is 4.90 Å². The van der Waals surface area contributed by atoms with Crippen molar-refractivity contribution in [3.05, 3.63) is 95.9 Å². The lowest BCUT2D eigenvalue weighted by molar-refractivity contribution is -0.107. The van der Waals surface area contributed by atoms with E-state index in [1.807, 2.05) is 73.5 Å². The van der Waals surface area contributed by atoms with Crippen molar-refractivity contribution >= 4 is 41.1 Å². The van der Waals surface area contributed by atoms with E-state index in [0.29, 0.717) is 36.0 Å². The Labute approximate surface area is 209 Å². The van der Waals surface area contributed by atoms with Gasteiger partial charge in [0.15, 0.2) is 0 Å². The minimum absolute atomic E-state index is 0.209. The number of rotatable bonds is 9. The van der Waals surface area contributed by atoms with Crippen LogP contribution in [0.3, 0.4) is 0 Å². The van der Waals surface area contributed by atoms with Crippen LogP contribution in [0.25, 0.3) is 0 Å². The van der Waals surface area contributed by atoms with Crippen molar-refractivity contribution in [1.29, 1.82) is 0 Å². The second kappa shape index (κ2) is 11.1. The number of aromatic nitrogens is 3. The molecule has 36 heavy (non-hydrogen) atoms. The van der Waals surface area contributed by atoms with Gasteiger partial charge < -0.3 is 20.4 Å². The van der Waals surface area contributed by atoms with Gasteiger partial charge in [-0.3, -0.25) is 14.6 Å². The molecule has 182 valence electrons. The molecule has 4 aromatic rings. The molecule has 2 heterocycles. The molecule has 0 aliphatic carbocycles. The fraction of sp³-hybridized carbons (Fsp3) is 0.148. The largest absolute Gasteiger partial charge is 0.369 e. The number of anilines is 5. The van der Waals surface area contributed by atoms with Crippen LogP contribution in [-0.2, 0) is 11.3 Å². The van der Waals surface area contributed by atoms with E-state index in [1.54, 1.807) is 31.6 Å². The standard InChI is InChI=1S/C27H27N7O2/c1-19-24(14-23(16-28-19)30-26(36)20-10-6-4-7-11-20)33(2)17-21-15-29-27(32-25(21)34(3)18-35)31-22-12-8-5-9-13-22/h4-16,18H,17H2,1-3H3,(H,30,36)(H,29,31,32). The van der Waals surface area contributed by atoms with E-state index in [2.05, 4.69) is 25.6 Å².